The highest BCUT2D eigenvalue weighted by atomic mass is 32.2. The summed E-state index contributed by atoms with van der Waals surface area (Å²) in [5, 5.41) is 12.8. The third kappa shape index (κ3) is 4.93. The molecule has 1 unspecified atom stereocenters. The van der Waals surface area contributed by atoms with Gasteiger partial charge in [0.25, 0.3) is 0 Å². The summed E-state index contributed by atoms with van der Waals surface area (Å²) in [6.07, 6.45) is -0.896. The average molecular weight is 285 g/mol. The fraction of sp³-hybridized carbons (Fsp3) is 0.571. The molecule has 0 saturated heterocycles. The number of hydrogen-bond donors (Lipinski definition) is 2. The second-order valence-electron chi connectivity index (χ2n) is 5.27. The summed E-state index contributed by atoms with van der Waals surface area (Å²) >= 11 is 0. The van der Waals surface area contributed by atoms with Crippen molar-refractivity contribution < 1.29 is 13.5 Å². The normalized spacial score (nSPS) is 13.8. The lowest BCUT2D eigenvalue weighted by atomic mass is 10.2. The van der Waals surface area contributed by atoms with E-state index in [4.69, 9.17) is 0 Å². The Hall–Kier alpha value is -0.910. The molecule has 0 bridgehead atoms. The maximum atomic E-state index is 12.3. The number of aryl methyl sites for hydroxylation is 2. The van der Waals surface area contributed by atoms with Crippen molar-refractivity contribution >= 4 is 9.84 Å². The van der Waals surface area contributed by atoms with Crippen LogP contribution in [0, 0.1) is 13.8 Å². The zero-order valence-electron chi connectivity index (χ0n) is 12.0. The number of rotatable bonds is 6. The number of aliphatic hydroxyl groups excluding tert-OH is 1. The lowest BCUT2D eigenvalue weighted by molar-refractivity contribution is 0.190. The molecular formula is C14H23NO3S. The zero-order chi connectivity index (χ0) is 14.6. The molecule has 1 aromatic rings. The van der Waals surface area contributed by atoms with E-state index >= 15 is 0 Å². The third-order valence-corrected chi connectivity index (χ3v) is 4.79. The first-order valence-electron chi connectivity index (χ1n) is 6.44. The Morgan fingerprint density at radius 1 is 1.26 bits per heavy atom. The van der Waals surface area contributed by atoms with Crippen molar-refractivity contribution in [3.8, 4) is 0 Å². The lowest BCUT2D eigenvalue weighted by Crippen LogP contribution is -2.36. The minimum absolute atomic E-state index is 0.220. The monoisotopic (exact) mass is 285 g/mol. The van der Waals surface area contributed by atoms with Gasteiger partial charge in [-0.1, -0.05) is 26.0 Å². The van der Waals surface area contributed by atoms with Crippen LogP contribution in [0.1, 0.15) is 25.0 Å². The lowest BCUT2D eigenvalue weighted by Gasteiger charge is -2.15. The topological polar surface area (TPSA) is 66.4 Å². The van der Waals surface area contributed by atoms with Gasteiger partial charge in [-0.25, -0.2) is 8.42 Å². The van der Waals surface area contributed by atoms with E-state index in [-0.39, 0.29) is 18.3 Å². The molecule has 0 spiro atoms. The first kappa shape index (κ1) is 16.1. The number of hydrogen-bond acceptors (Lipinski definition) is 4. The maximum absolute atomic E-state index is 12.3. The average Bonchev–Trinajstić information content (AvgIpc) is 2.29. The summed E-state index contributed by atoms with van der Waals surface area (Å²) in [4.78, 5) is 0.316. The molecular weight excluding hydrogens is 262 g/mol. The molecule has 1 aromatic carbocycles. The van der Waals surface area contributed by atoms with Crippen LogP contribution in [0.5, 0.6) is 0 Å². The van der Waals surface area contributed by atoms with Crippen molar-refractivity contribution in [1.29, 1.82) is 0 Å². The minimum Gasteiger partial charge on any atom is -0.391 e. The molecule has 0 radical (unpaired) electrons. The highest BCUT2D eigenvalue weighted by Gasteiger charge is 2.21. The fourth-order valence-electron chi connectivity index (χ4n) is 1.82. The van der Waals surface area contributed by atoms with Crippen LogP contribution in [-0.2, 0) is 9.84 Å². The van der Waals surface area contributed by atoms with Crippen LogP contribution in [0.3, 0.4) is 0 Å². The SMILES string of the molecule is Cc1ccc(C)c(S(=O)(=O)CC(O)CNC(C)C)c1. The third-order valence-electron chi connectivity index (χ3n) is 2.85. The van der Waals surface area contributed by atoms with Gasteiger partial charge >= 0.3 is 0 Å². The summed E-state index contributed by atoms with van der Waals surface area (Å²) in [7, 11) is -3.45. The molecule has 0 amide bonds. The van der Waals surface area contributed by atoms with Gasteiger partial charge in [-0.05, 0) is 31.0 Å². The van der Waals surface area contributed by atoms with E-state index < -0.39 is 15.9 Å². The molecule has 108 valence electrons. The van der Waals surface area contributed by atoms with Crippen molar-refractivity contribution in [1.82, 2.24) is 5.32 Å². The molecule has 0 aliphatic rings. The fourth-order valence-corrected chi connectivity index (χ4v) is 3.54. The van der Waals surface area contributed by atoms with Crippen molar-refractivity contribution in [2.45, 2.75) is 44.7 Å². The number of nitrogens with one attached hydrogen (secondary N) is 1. The molecule has 4 nitrogen and oxygen atoms in total. The highest BCUT2D eigenvalue weighted by Crippen LogP contribution is 2.18. The Morgan fingerprint density at radius 3 is 2.47 bits per heavy atom. The second-order valence-corrected chi connectivity index (χ2v) is 7.27. The Balaban J connectivity index is 2.83. The van der Waals surface area contributed by atoms with E-state index in [1.165, 1.54) is 0 Å². The van der Waals surface area contributed by atoms with E-state index in [9.17, 15) is 13.5 Å². The van der Waals surface area contributed by atoms with Crippen molar-refractivity contribution in [2.75, 3.05) is 12.3 Å². The standard InChI is InChI=1S/C14H23NO3S/c1-10(2)15-8-13(16)9-19(17,18)14-7-11(3)5-6-12(14)4/h5-7,10,13,15-16H,8-9H2,1-4H3. The van der Waals surface area contributed by atoms with Crippen LogP contribution < -0.4 is 5.32 Å². The van der Waals surface area contributed by atoms with Crippen LogP contribution in [0.15, 0.2) is 23.1 Å². The van der Waals surface area contributed by atoms with Gasteiger partial charge in [0.05, 0.1) is 16.8 Å². The predicted molar refractivity (Wildman–Crippen MR) is 77.1 cm³/mol. The molecule has 0 aromatic heterocycles. The van der Waals surface area contributed by atoms with Crippen LogP contribution in [0.25, 0.3) is 0 Å². The second kappa shape index (κ2) is 6.50. The smallest absolute Gasteiger partial charge is 0.181 e. The summed E-state index contributed by atoms with van der Waals surface area (Å²) in [5.74, 6) is -0.253. The Morgan fingerprint density at radius 2 is 1.89 bits per heavy atom. The van der Waals surface area contributed by atoms with Gasteiger partial charge in [0.15, 0.2) is 9.84 Å². The van der Waals surface area contributed by atoms with E-state index in [0.717, 1.165) is 11.1 Å². The Bertz CT molecular complexity index is 523. The number of sulfone groups is 1. The van der Waals surface area contributed by atoms with Crippen LogP contribution in [0.2, 0.25) is 0 Å². The molecule has 2 N–H and O–H groups in total. The quantitative estimate of drug-likeness (QED) is 0.830. The maximum Gasteiger partial charge on any atom is 0.181 e. The van der Waals surface area contributed by atoms with Crippen LogP contribution >= 0.6 is 0 Å². The van der Waals surface area contributed by atoms with Gasteiger partial charge in [0, 0.05) is 12.6 Å². The van der Waals surface area contributed by atoms with Gasteiger partial charge in [0.1, 0.15) is 0 Å². The van der Waals surface area contributed by atoms with Gasteiger partial charge in [-0.2, -0.15) is 0 Å². The summed E-state index contributed by atoms with van der Waals surface area (Å²) in [6, 6.07) is 5.55. The van der Waals surface area contributed by atoms with Gasteiger partial charge < -0.3 is 10.4 Å². The molecule has 5 heteroatoms. The van der Waals surface area contributed by atoms with Crippen molar-refractivity contribution in [2.24, 2.45) is 0 Å². The van der Waals surface area contributed by atoms with Crippen molar-refractivity contribution in [3.63, 3.8) is 0 Å². The molecule has 19 heavy (non-hydrogen) atoms. The molecule has 1 rings (SSSR count). The van der Waals surface area contributed by atoms with Gasteiger partial charge in [0.2, 0.25) is 0 Å². The summed E-state index contributed by atoms with van der Waals surface area (Å²) < 4.78 is 24.5. The summed E-state index contributed by atoms with van der Waals surface area (Å²) in [6.45, 7) is 7.81. The summed E-state index contributed by atoms with van der Waals surface area (Å²) in [5.41, 5.74) is 1.62. The number of aliphatic hydroxyl groups is 1. The van der Waals surface area contributed by atoms with Gasteiger partial charge in [-0.15, -0.1) is 0 Å². The Labute approximate surface area is 115 Å². The molecule has 0 aliphatic heterocycles. The predicted octanol–water partition coefficient (Wildman–Crippen LogP) is 1.44. The van der Waals surface area contributed by atoms with Crippen molar-refractivity contribution in [3.05, 3.63) is 29.3 Å². The van der Waals surface area contributed by atoms with Crippen LogP contribution in [0.4, 0.5) is 0 Å². The highest BCUT2D eigenvalue weighted by molar-refractivity contribution is 7.91. The molecule has 0 aliphatic carbocycles. The molecule has 0 saturated carbocycles. The minimum atomic E-state index is -3.45. The van der Waals surface area contributed by atoms with Crippen LogP contribution in [-0.4, -0.2) is 38.0 Å². The molecule has 0 heterocycles. The molecule has 0 fully saturated rings. The van der Waals surface area contributed by atoms with Gasteiger partial charge in [-0.3, -0.25) is 0 Å². The number of benzene rings is 1. The molecule has 1 atom stereocenters. The zero-order valence-corrected chi connectivity index (χ0v) is 12.8. The first-order valence-corrected chi connectivity index (χ1v) is 8.09. The van der Waals surface area contributed by atoms with E-state index in [2.05, 4.69) is 5.32 Å². The largest absolute Gasteiger partial charge is 0.391 e. The first-order chi connectivity index (χ1) is 8.72. The Kier molecular flexibility index (Phi) is 5.52. The van der Waals surface area contributed by atoms with E-state index in [1.807, 2.05) is 26.8 Å². The van der Waals surface area contributed by atoms with E-state index in [0.29, 0.717) is 4.90 Å². The van der Waals surface area contributed by atoms with E-state index in [1.54, 1.807) is 19.1 Å².